The van der Waals surface area contributed by atoms with Gasteiger partial charge in [-0.3, -0.25) is 9.78 Å². The molecule has 0 aromatic carbocycles. The topological polar surface area (TPSA) is 58.1 Å². The molecule has 1 unspecified atom stereocenters. The minimum Gasteiger partial charge on any atom is -0.355 e. The van der Waals surface area contributed by atoms with Gasteiger partial charge in [0, 0.05) is 37.6 Å². The lowest BCUT2D eigenvalue weighted by Crippen LogP contribution is -2.41. The van der Waals surface area contributed by atoms with E-state index >= 15 is 0 Å². The van der Waals surface area contributed by atoms with Crippen molar-refractivity contribution in [2.24, 2.45) is 5.92 Å². The van der Waals surface area contributed by atoms with E-state index in [9.17, 15) is 18.0 Å². The zero-order chi connectivity index (χ0) is 20.3. The van der Waals surface area contributed by atoms with Crippen molar-refractivity contribution in [2.45, 2.75) is 32.0 Å². The van der Waals surface area contributed by atoms with Crippen molar-refractivity contribution in [1.82, 2.24) is 15.3 Å². The molecule has 150 valence electrons. The van der Waals surface area contributed by atoms with E-state index in [2.05, 4.69) is 15.3 Å². The van der Waals surface area contributed by atoms with Gasteiger partial charge in [-0.1, -0.05) is 17.7 Å². The van der Waals surface area contributed by atoms with Gasteiger partial charge in [-0.2, -0.15) is 13.2 Å². The number of rotatable bonds is 4. The van der Waals surface area contributed by atoms with Crippen molar-refractivity contribution < 1.29 is 18.0 Å². The highest BCUT2D eigenvalue weighted by molar-refractivity contribution is 6.33. The van der Waals surface area contributed by atoms with Crippen molar-refractivity contribution in [3.63, 3.8) is 0 Å². The van der Waals surface area contributed by atoms with Crippen molar-refractivity contribution >= 4 is 23.3 Å². The molecule has 1 atom stereocenters. The summed E-state index contributed by atoms with van der Waals surface area (Å²) in [5.74, 6) is 0.114. The van der Waals surface area contributed by atoms with Crippen molar-refractivity contribution in [3.05, 3.63) is 52.9 Å². The van der Waals surface area contributed by atoms with Gasteiger partial charge in [-0.05, 0) is 37.5 Å². The minimum absolute atomic E-state index is 0.0390. The van der Waals surface area contributed by atoms with Gasteiger partial charge in [-0.15, -0.1) is 0 Å². The largest absolute Gasteiger partial charge is 0.417 e. The lowest BCUT2D eigenvalue weighted by Gasteiger charge is -2.33. The molecule has 2 aromatic rings. The predicted molar refractivity (Wildman–Crippen MR) is 100.0 cm³/mol. The van der Waals surface area contributed by atoms with Crippen LogP contribution in [0.2, 0.25) is 5.02 Å². The fraction of sp³-hybridized carbons (Fsp3) is 0.421. The highest BCUT2D eigenvalue weighted by Crippen LogP contribution is 2.34. The van der Waals surface area contributed by atoms with Gasteiger partial charge >= 0.3 is 6.18 Å². The number of pyridine rings is 2. The minimum atomic E-state index is -4.48. The van der Waals surface area contributed by atoms with Crippen LogP contribution in [0, 0.1) is 5.92 Å². The summed E-state index contributed by atoms with van der Waals surface area (Å²) in [7, 11) is 0. The number of hydrogen-bond donors (Lipinski definition) is 1. The van der Waals surface area contributed by atoms with E-state index in [0.717, 1.165) is 17.8 Å². The SMILES string of the molecule is CC(NC(=O)C1CCN(c2ncc(C(F)(F)F)cc2Cl)CC1)c1cccnc1. The first-order valence-corrected chi connectivity index (χ1v) is 9.31. The van der Waals surface area contributed by atoms with Crippen LogP contribution in [-0.2, 0) is 11.0 Å². The Morgan fingerprint density at radius 1 is 1.32 bits per heavy atom. The highest BCUT2D eigenvalue weighted by Gasteiger charge is 2.33. The number of piperidine rings is 1. The van der Waals surface area contributed by atoms with Crippen LogP contribution in [0.5, 0.6) is 0 Å². The molecule has 0 bridgehead atoms. The van der Waals surface area contributed by atoms with Gasteiger partial charge in [-0.25, -0.2) is 4.98 Å². The van der Waals surface area contributed by atoms with Gasteiger partial charge in [0.05, 0.1) is 16.6 Å². The first-order valence-electron chi connectivity index (χ1n) is 8.93. The van der Waals surface area contributed by atoms with Crippen LogP contribution < -0.4 is 10.2 Å². The lowest BCUT2D eigenvalue weighted by atomic mass is 9.95. The summed E-state index contributed by atoms with van der Waals surface area (Å²) in [5.41, 5.74) is 0.0499. The van der Waals surface area contributed by atoms with Gasteiger partial charge < -0.3 is 10.2 Å². The standard InChI is InChI=1S/C19H20ClF3N4O/c1-12(14-3-2-6-24-10-14)26-18(28)13-4-7-27(8-5-13)17-16(20)9-15(11-25-17)19(21,22)23/h2-3,6,9-13H,4-5,7-8H2,1H3,(H,26,28). The summed E-state index contributed by atoms with van der Waals surface area (Å²) in [5, 5.41) is 2.95. The highest BCUT2D eigenvalue weighted by atomic mass is 35.5. The maximum Gasteiger partial charge on any atom is 0.417 e. The second-order valence-electron chi connectivity index (χ2n) is 6.81. The number of alkyl halides is 3. The Balaban J connectivity index is 1.58. The number of carbonyl (C=O) groups excluding carboxylic acids is 1. The van der Waals surface area contributed by atoms with Gasteiger partial charge in [0.25, 0.3) is 0 Å². The van der Waals surface area contributed by atoms with Crippen LogP contribution in [0.15, 0.2) is 36.8 Å². The Morgan fingerprint density at radius 2 is 2.04 bits per heavy atom. The molecule has 1 aliphatic heterocycles. The predicted octanol–water partition coefficient (Wildman–Crippen LogP) is 4.24. The third-order valence-corrected chi connectivity index (χ3v) is 5.14. The van der Waals surface area contributed by atoms with Crippen LogP contribution in [0.4, 0.5) is 19.0 Å². The van der Waals surface area contributed by atoms with Crippen LogP contribution in [0.25, 0.3) is 0 Å². The molecule has 3 rings (SSSR count). The Hall–Kier alpha value is -2.35. The number of aromatic nitrogens is 2. The monoisotopic (exact) mass is 412 g/mol. The first-order chi connectivity index (χ1) is 13.3. The van der Waals surface area contributed by atoms with E-state index in [0.29, 0.717) is 31.7 Å². The van der Waals surface area contributed by atoms with Gasteiger partial charge in [0.2, 0.25) is 5.91 Å². The Kier molecular flexibility index (Phi) is 6.07. The summed E-state index contributed by atoms with van der Waals surface area (Å²) in [6, 6.07) is 4.46. The Bertz CT molecular complexity index is 824. The zero-order valence-corrected chi connectivity index (χ0v) is 16.0. The average molecular weight is 413 g/mol. The number of anilines is 1. The average Bonchev–Trinajstić information content (AvgIpc) is 2.68. The molecule has 3 heterocycles. The van der Waals surface area contributed by atoms with Crippen LogP contribution in [-0.4, -0.2) is 29.0 Å². The van der Waals surface area contributed by atoms with Crippen molar-refractivity contribution in [2.75, 3.05) is 18.0 Å². The number of hydrogen-bond acceptors (Lipinski definition) is 4. The van der Waals surface area contributed by atoms with E-state index < -0.39 is 11.7 Å². The van der Waals surface area contributed by atoms with E-state index in [1.807, 2.05) is 24.0 Å². The van der Waals surface area contributed by atoms with Crippen molar-refractivity contribution in [1.29, 1.82) is 0 Å². The second-order valence-corrected chi connectivity index (χ2v) is 7.21. The third-order valence-electron chi connectivity index (χ3n) is 4.86. The summed E-state index contributed by atoms with van der Waals surface area (Å²) in [6.45, 7) is 2.89. The number of nitrogens with one attached hydrogen (secondary N) is 1. The number of carbonyl (C=O) groups is 1. The fourth-order valence-electron chi connectivity index (χ4n) is 3.22. The molecule has 28 heavy (non-hydrogen) atoms. The molecule has 1 N–H and O–H groups in total. The molecule has 0 saturated carbocycles. The van der Waals surface area contributed by atoms with Crippen LogP contribution >= 0.6 is 11.6 Å². The lowest BCUT2D eigenvalue weighted by molar-refractivity contribution is -0.137. The normalized spacial score (nSPS) is 16.7. The van der Waals surface area contributed by atoms with Gasteiger partial charge in [0.1, 0.15) is 5.82 Å². The zero-order valence-electron chi connectivity index (χ0n) is 15.2. The summed E-state index contributed by atoms with van der Waals surface area (Å²) >= 11 is 6.02. The molecule has 9 heteroatoms. The molecule has 1 fully saturated rings. The summed E-state index contributed by atoms with van der Waals surface area (Å²) in [4.78, 5) is 22.3. The molecular weight excluding hydrogens is 393 g/mol. The molecule has 5 nitrogen and oxygen atoms in total. The molecule has 0 spiro atoms. The van der Waals surface area contributed by atoms with E-state index in [1.54, 1.807) is 12.4 Å². The third kappa shape index (κ3) is 4.73. The maximum absolute atomic E-state index is 12.7. The molecule has 0 aliphatic carbocycles. The Morgan fingerprint density at radius 3 is 2.61 bits per heavy atom. The molecule has 2 aromatic heterocycles. The summed E-state index contributed by atoms with van der Waals surface area (Å²) in [6.07, 6.45) is 0.843. The molecular formula is C19H20ClF3N4O. The Labute approximate surface area is 165 Å². The second kappa shape index (κ2) is 8.34. The maximum atomic E-state index is 12.7. The number of nitrogens with zero attached hydrogens (tertiary/aromatic N) is 3. The van der Waals surface area contributed by atoms with Crippen LogP contribution in [0.1, 0.15) is 36.9 Å². The number of halogens is 4. The van der Waals surface area contributed by atoms with Gasteiger partial charge in [0.15, 0.2) is 0 Å². The summed E-state index contributed by atoms with van der Waals surface area (Å²) < 4.78 is 38.2. The smallest absolute Gasteiger partial charge is 0.355 e. The molecule has 0 radical (unpaired) electrons. The van der Waals surface area contributed by atoms with E-state index in [-0.39, 0.29) is 22.9 Å². The quantitative estimate of drug-likeness (QED) is 0.816. The molecule has 1 amide bonds. The first kappa shape index (κ1) is 20.4. The fourth-order valence-corrected chi connectivity index (χ4v) is 3.50. The molecule has 1 aliphatic rings. The molecule has 1 saturated heterocycles. The van der Waals surface area contributed by atoms with E-state index in [1.165, 1.54) is 0 Å². The number of amides is 1. The van der Waals surface area contributed by atoms with Crippen LogP contribution in [0.3, 0.4) is 0 Å². The van der Waals surface area contributed by atoms with Crippen molar-refractivity contribution in [3.8, 4) is 0 Å². The van der Waals surface area contributed by atoms with E-state index in [4.69, 9.17) is 11.6 Å².